The van der Waals surface area contributed by atoms with Gasteiger partial charge >= 0.3 is 0 Å². The zero-order chi connectivity index (χ0) is 12.6. The van der Waals surface area contributed by atoms with Gasteiger partial charge in [0, 0.05) is 12.2 Å². The second-order valence-electron chi connectivity index (χ2n) is 4.94. The lowest BCUT2D eigenvalue weighted by molar-refractivity contribution is 0.487. The zero-order valence-electron chi connectivity index (χ0n) is 9.98. The summed E-state index contributed by atoms with van der Waals surface area (Å²) in [5, 5.41) is 8.10. The molecule has 3 rings (SSSR count). The molecule has 0 bridgehead atoms. The van der Waals surface area contributed by atoms with Crippen LogP contribution in [0.2, 0.25) is 0 Å². The Bertz CT molecular complexity index is 556. The molecule has 0 saturated heterocycles. The summed E-state index contributed by atoms with van der Waals surface area (Å²) in [7, 11) is 0. The minimum absolute atomic E-state index is 0.219. The van der Waals surface area contributed by atoms with Gasteiger partial charge in [0.05, 0.1) is 5.84 Å². The highest BCUT2D eigenvalue weighted by Crippen LogP contribution is 2.51. The third kappa shape index (κ3) is 2.36. The van der Waals surface area contributed by atoms with Gasteiger partial charge in [-0.2, -0.15) is 0 Å². The normalized spacial score (nSPS) is 16.9. The molecule has 1 fully saturated rings. The lowest BCUT2D eigenvalue weighted by Crippen LogP contribution is -2.18. The van der Waals surface area contributed by atoms with E-state index in [9.17, 15) is 0 Å². The number of fused-ring (bicyclic) bond motifs is 1. The summed E-state index contributed by atoms with van der Waals surface area (Å²) < 4.78 is 5.66. The number of benzene rings is 1. The number of oxazole rings is 1. The van der Waals surface area contributed by atoms with E-state index >= 15 is 0 Å². The van der Waals surface area contributed by atoms with Gasteiger partial charge in [-0.05, 0) is 30.4 Å². The number of thioether (sulfide) groups is 1. The predicted molar refractivity (Wildman–Crippen MR) is 72.9 cm³/mol. The van der Waals surface area contributed by atoms with Gasteiger partial charge in [-0.25, -0.2) is 4.98 Å². The van der Waals surface area contributed by atoms with Gasteiger partial charge in [0.1, 0.15) is 5.52 Å². The van der Waals surface area contributed by atoms with Crippen LogP contribution in [0.1, 0.15) is 19.3 Å². The Hall–Kier alpha value is -1.49. The molecule has 0 amide bonds. The molecular weight excluding hydrogens is 246 g/mol. The molecule has 1 aliphatic rings. The molecule has 94 valence electrons. The molecule has 1 aromatic carbocycles. The Balaban J connectivity index is 1.68. The third-order valence-corrected chi connectivity index (χ3v) is 4.48. The van der Waals surface area contributed by atoms with Gasteiger partial charge in [-0.15, -0.1) is 0 Å². The first-order chi connectivity index (χ1) is 8.67. The van der Waals surface area contributed by atoms with Crippen LogP contribution >= 0.6 is 11.8 Å². The highest BCUT2D eigenvalue weighted by atomic mass is 32.2. The van der Waals surface area contributed by atoms with Crippen LogP contribution in [0.4, 0.5) is 0 Å². The minimum Gasteiger partial charge on any atom is -0.431 e. The Labute approximate surface area is 109 Å². The number of nitrogens with one attached hydrogen (secondary N) is 1. The van der Waals surface area contributed by atoms with E-state index in [4.69, 9.17) is 15.6 Å². The fourth-order valence-electron chi connectivity index (χ4n) is 2.08. The zero-order valence-corrected chi connectivity index (χ0v) is 10.8. The third-order valence-electron chi connectivity index (χ3n) is 3.30. The molecule has 1 saturated carbocycles. The molecule has 1 heterocycles. The van der Waals surface area contributed by atoms with Crippen LogP contribution in [0.3, 0.4) is 0 Å². The smallest absolute Gasteiger partial charge is 0.256 e. The standard InChI is InChI=1S/C13H15N3OS/c14-11(15)7-13(5-6-13)8-18-12-16-9-3-1-2-4-10(9)17-12/h1-4H,5-8H2,(H3,14,15). The van der Waals surface area contributed by atoms with Gasteiger partial charge < -0.3 is 10.2 Å². The van der Waals surface area contributed by atoms with Crippen molar-refractivity contribution in [3.63, 3.8) is 0 Å². The Morgan fingerprint density at radius 2 is 2.22 bits per heavy atom. The highest BCUT2D eigenvalue weighted by Gasteiger charge is 2.43. The van der Waals surface area contributed by atoms with E-state index in [1.54, 1.807) is 11.8 Å². The van der Waals surface area contributed by atoms with Crippen LogP contribution in [0, 0.1) is 10.8 Å². The first-order valence-corrected chi connectivity index (χ1v) is 6.97. The largest absolute Gasteiger partial charge is 0.431 e. The van der Waals surface area contributed by atoms with Gasteiger partial charge in [0.15, 0.2) is 5.58 Å². The summed E-state index contributed by atoms with van der Waals surface area (Å²) in [5.74, 6) is 1.21. The number of para-hydroxylation sites is 2. The Morgan fingerprint density at radius 1 is 1.44 bits per heavy atom. The van der Waals surface area contributed by atoms with Crippen molar-refractivity contribution in [3.8, 4) is 0 Å². The molecule has 0 spiro atoms. The second kappa shape index (κ2) is 4.31. The summed E-state index contributed by atoms with van der Waals surface area (Å²) in [6.45, 7) is 0. The van der Waals surface area contributed by atoms with E-state index in [0.717, 1.165) is 29.7 Å². The van der Waals surface area contributed by atoms with E-state index in [2.05, 4.69) is 4.98 Å². The van der Waals surface area contributed by atoms with Gasteiger partial charge in [0.2, 0.25) is 0 Å². The summed E-state index contributed by atoms with van der Waals surface area (Å²) in [5.41, 5.74) is 7.43. The highest BCUT2D eigenvalue weighted by molar-refractivity contribution is 7.99. The molecule has 3 N–H and O–H groups in total. The van der Waals surface area contributed by atoms with Crippen molar-refractivity contribution >= 4 is 28.7 Å². The van der Waals surface area contributed by atoms with Crippen molar-refractivity contribution < 1.29 is 4.42 Å². The Morgan fingerprint density at radius 3 is 2.89 bits per heavy atom. The monoisotopic (exact) mass is 261 g/mol. The number of nitrogens with two attached hydrogens (primary N) is 1. The predicted octanol–water partition coefficient (Wildman–Crippen LogP) is 3.03. The van der Waals surface area contributed by atoms with Gasteiger partial charge in [-0.1, -0.05) is 23.9 Å². The number of hydrogen-bond acceptors (Lipinski definition) is 4. The minimum atomic E-state index is 0.219. The summed E-state index contributed by atoms with van der Waals surface area (Å²) in [4.78, 5) is 4.43. The number of amidine groups is 1. The number of nitrogens with zero attached hydrogens (tertiary/aromatic N) is 1. The Kier molecular flexibility index (Phi) is 2.78. The molecule has 5 heteroatoms. The van der Waals surface area contributed by atoms with E-state index in [1.807, 2.05) is 24.3 Å². The summed E-state index contributed by atoms with van der Waals surface area (Å²) in [6, 6.07) is 7.78. The van der Waals surface area contributed by atoms with Crippen molar-refractivity contribution in [3.05, 3.63) is 24.3 Å². The molecule has 0 radical (unpaired) electrons. The maximum atomic E-state index is 7.39. The van der Waals surface area contributed by atoms with Crippen LogP contribution < -0.4 is 5.73 Å². The van der Waals surface area contributed by atoms with Crippen molar-refractivity contribution in [2.24, 2.45) is 11.1 Å². The van der Waals surface area contributed by atoms with Crippen molar-refractivity contribution in [2.75, 3.05) is 5.75 Å². The molecule has 0 atom stereocenters. The van der Waals surface area contributed by atoms with E-state index in [0.29, 0.717) is 11.6 Å². The molecular formula is C13H15N3OS. The number of aromatic nitrogens is 1. The lowest BCUT2D eigenvalue weighted by atomic mass is 10.1. The average Bonchev–Trinajstić information content (AvgIpc) is 2.95. The summed E-state index contributed by atoms with van der Waals surface area (Å²) in [6.07, 6.45) is 3.00. The number of hydrogen-bond donors (Lipinski definition) is 2. The molecule has 4 nitrogen and oxygen atoms in total. The van der Waals surface area contributed by atoms with E-state index in [1.165, 1.54) is 0 Å². The molecule has 2 aromatic rings. The van der Waals surface area contributed by atoms with E-state index < -0.39 is 0 Å². The van der Waals surface area contributed by atoms with Crippen molar-refractivity contribution in [1.82, 2.24) is 4.98 Å². The molecule has 18 heavy (non-hydrogen) atoms. The molecule has 1 aliphatic carbocycles. The maximum Gasteiger partial charge on any atom is 0.256 e. The first-order valence-electron chi connectivity index (χ1n) is 5.98. The van der Waals surface area contributed by atoms with Crippen molar-refractivity contribution in [1.29, 1.82) is 5.41 Å². The SMILES string of the molecule is N=C(N)CC1(CSc2nc3ccccc3o2)CC1. The average molecular weight is 261 g/mol. The second-order valence-corrected chi connectivity index (χ2v) is 5.86. The van der Waals surface area contributed by atoms with Crippen LogP contribution in [0.15, 0.2) is 33.9 Å². The van der Waals surface area contributed by atoms with Crippen LogP contribution in [0.25, 0.3) is 11.1 Å². The quantitative estimate of drug-likeness (QED) is 0.493. The molecule has 0 aliphatic heterocycles. The first kappa shape index (κ1) is 11.6. The summed E-state index contributed by atoms with van der Waals surface area (Å²) >= 11 is 1.63. The molecule has 0 unspecified atom stereocenters. The van der Waals surface area contributed by atoms with Gasteiger partial charge in [0.25, 0.3) is 5.22 Å². The van der Waals surface area contributed by atoms with Crippen LogP contribution in [-0.2, 0) is 0 Å². The van der Waals surface area contributed by atoms with Crippen molar-refractivity contribution in [2.45, 2.75) is 24.5 Å². The van der Waals surface area contributed by atoms with Crippen LogP contribution in [-0.4, -0.2) is 16.6 Å². The van der Waals surface area contributed by atoms with Crippen LogP contribution in [0.5, 0.6) is 0 Å². The van der Waals surface area contributed by atoms with E-state index in [-0.39, 0.29) is 11.3 Å². The number of rotatable bonds is 5. The fourth-order valence-corrected chi connectivity index (χ4v) is 3.21. The lowest BCUT2D eigenvalue weighted by Gasteiger charge is -2.11. The maximum absolute atomic E-state index is 7.39. The fraction of sp³-hybridized carbons (Fsp3) is 0.385. The molecule has 1 aromatic heterocycles. The van der Waals surface area contributed by atoms with Gasteiger partial charge in [-0.3, -0.25) is 5.41 Å². The topological polar surface area (TPSA) is 75.9 Å².